The highest BCUT2D eigenvalue weighted by Crippen LogP contribution is 2.24. The van der Waals surface area contributed by atoms with E-state index >= 15 is 0 Å². The van der Waals surface area contributed by atoms with Gasteiger partial charge in [0, 0.05) is 38.7 Å². The summed E-state index contributed by atoms with van der Waals surface area (Å²) in [7, 11) is -3.24. The summed E-state index contributed by atoms with van der Waals surface area (Å²) in [5.74, 6) is 0.334. The Morgan fingerprint density at radius 1 is 1.00 bits per heavy atom. The lowest BCUT2D eigenvalue weighted by molar-refractivity contribution is 0.111. The van der Waals surface area contributed by atoms with E-state index in [1.807, 2.05) is 24.3 Å². The van der Waals surface area contributed by atoms with Crippen molar-refractivity contribution in [1.29, 1.82) is 0 Å². The van der Waals surface area contributed by atoms with Crippen LogP contribution in [0, 0.1) is 5.82 Å². The van der Waals surface area contributed by atoms with Crippen molar-refractivity contribution in [3.05, 3.63) is 84.2 Å². The standard InChI is InChI=1S/C26H27FN2O4S/c1-34(31,32)24-12-10-22(11-13-24)33-23-14-16-29(17-15-23)26(30)28-18-20-4-2-3-5-25(20)19-6-8-21(27)9-7-19/h2-13,23H,14-18H2,1H3,(H,28,30). The van der Waals surface area contributed by atoms with Crippen LogP contribution in [0.2, 0.25) is 0 Å². The summed E-state index contributed by atoms with van der Waals surface area (Å²) in [5.41, 5.74) is 2.81. The average Bonchev–Trinajstić information content (AvgIpc) is 2.83. The molecule has 1 saturated heterocycles. The number of hydrogen-bond donors (Lipinski definition) is 1. The number of sulfone groups is 1. The fraction of sp³-hybridized carbons (Fsp3) is 0.269. The summed E-state index contributed by atoms with van der Waals surface area (Å²) in [6, 6.07) is 20.3. The van der Waals surface area contributed by atoms with Crippen molar-refractivity contribution in [2.24, 2.45) is 0 Å². The van der Waals surface area contributed by atoms with E-state index in [0.717, 1.165) is 16.7 Å². The van der Waals surface area contributed by atoms with Gasteiger partial charge in [-0.2, -0.15) is 0 Å². The first-order valence-electron chi connectivity index (χ1n) is 11.1. The van der Waals surface area contributed by atoms with Crippen LogP contribution >= 0.6 is 0 Å². The quantitative estimate of drug-likeness (QED) is 0.555. The van der Waals surface area contributed by atoms with Crippen LogP contribution in [-0.4, -0.2) is 44.8 Å². The molecular formula is C26H27FN2O4S. The van der Waals surface area contributed by atoms with Gasteiger partial charge in [0.15, 0.2) is 9.84 Å². The number of carbonyl (C=O) groups is 1. The van der Waals surface area contributed by atoms with Crippen molar-refractivity contribution in [3.63, 3.8) is 0 Å². The van der Waals surface area contributed by atoms with E-state index in [9.17, 15) is 17.6 Å². The topological polar surface area (TPSA) is 75.7 Å². The molecule has 3 aromatic carbocycles. The number of hydrogen-bond acceptors (Lipinski definition) is 4. The minimum atomic E-state index is -3.24. The molecule has 1 fully saturated rings. The number of nitrogens with zero attached hydrogens (tertiary/aromatic N) is 1. The molecule has 2 amide bonds. The molecule has 4 rings (SSSR count). The molecular weight excluding hydrogens is 455 g/mol. The number of nitrogens with one attached hydrogen (secondary N) is 1. The van der Waals surface area contributed by atoms with E-state index in [-0.39, 0.29) is 22.8 Å². The molecule has 178 valence electrons. The van der Waals surface area contributed by atoms with E-state index in [0.29, 0.717) is 38.2 Å². The summed E-state index contributed by atoms with van der Waals surface area (Å²) in [6.07, 6.45) is 2.51. The van der Waals surface area contributed by atoms with Crippen LogP contribution in [0.1, 0.15) is 18.4 Å². The Kier molecular flexibility index (Phi) is 7.17. The van der Waals surface area contributed by atoms with Crippen LogP contribution in [0.15, 0.2) is 77.7 Å². The molecule has 0 radical (unpaired) electrons. The molecule has 3 aromatic rings. The maximum Gasteiger partial charge on any atom is 0.317 e. The van der Waals surface area contributed by atoms with Crippen LogP contribution in [0.4, 0.5) is 9.18 Å². The molecule has 1 N–H and O–H groups in total. The van der Waals surface area contributed by atoms with Crippen LogP contribution in [0.3, 0.4) is 0 Å². The van der Waals surface area contributed by atoms with Gasteiger partial charge in [-0.1, -0.05) is 36.4 Å². The molecule has 0 unspecified atom stereocenters. The lowest BCUT2D eigenvalue weighted by Gasteiger charge is -2.32. The SMILES string of the molecule is CS(=O)(=O)c1ccc(OC2CCN(C(=O)NCc3ccccc3-c3ccc(F)cc3)CC2)cc1. The van der Waals surface area contributed by atoms with Crippen molar-refractivity contribution >= 4 is 15.9 Å². The van der Waals surface area contributed by atoms with Crippen LogP contribution in [0.5, 0.6) is 5.75 Å². The van der Waals surface area contributed by atoms with Gasteiger partial charge in [-0.15, -0.1) is 0 Å². The van der Waals surface area contributed by atoms with E-state index in [4.69, 9.17) is 4.74 Å². The van der Waals surface area contributed by atoms with Gasteiger partial charge in [-0.3, -0.25) is 0 Å². The van der Waals surface area contributed by atoms with Gasteiger partial charge in [0.25, 0.3) is 0 Å². The second-order valence-corrected chi connectivity index (χ2v) is 10.4. The molecule has 6 nitrogen and oxygen atoms in total. The number of likely N-dealkylation sites (tertiary alicyclic amines) is 1. The molecule has 0 aliphatic carbocycles. The first kappa shape index (κ1) is 23.8. The molecule has 1 aliphatic heterocycles. The summed E-state index contributed by atoms with van der Waals surface area (Å²) in [4.78, 5) is 14.8. The molecule has 0 aromatic heterocycles. The first-order valence-corrected chi connectivity index (χ1v) is 13.0. The minimum Gasteiger partial charge on any atom is -0.490 e. The Labute approximate surface area is 199 Å². The number of carbonyl (C=O) groups excluding carboxylic acids is 1. The number of ether oxygens (including phenoxy) is 1. The summed E-state index contributed by atoms with van der Waals surface area (Å²) in [5, 5.41) is 2.99. The van der Waals surface area contributed by atoms with Crippen LogP contribution in [-0.2, 0) is 16.4 Å². The van der Waals surface area contributed by atoms with E-state index < -0.39 is 9.84 Å². The third-order valence-corrected chi connectivity index (χ3v) is 7.01. The number of halogens is 1. The Morgan fingerprint density at radius 3 is 2.29 bits per heavy atom. The summed E-state index contributed by atoms with van der Waals surface area (Å²) >= 11 is 0. The van der Waals surface area contributed by atoms with E-state index in [2.05, 4.69) is 5.32 Å². The Morgan fingerprint density at radius 2 is 1.65 bits per heavy atom. The maximum atomic E-state index is 13.3. The fourth-order valence-electron chi connectivity index (χ4n) is 4.00. The summed E-state index contributed by atoms with van der Waals surface area (Å²) in [6.45, 7) is 1.50. The highest BCUT2D eigenvalue weighted by atomic mass is 32.2. The monoisotopic (exact) mass is 482 g/mol. The molecule has 34 heavy (non-hydrogen) atoms. The number of rotatable bonds is 6. The van der Waals surface area contributed by atoms with Crippen LogP contribution in [0.25, 0.3) is 11.1 Å². The Bertz CT molecular complexity index is 1240. The van der Waals surface area contributed by atoms with Gasteiger partial charge in [0.1, 0.15) is 17.7 Å². The molecule has 0 bridgehead atoms. The lowest BCUT2D eigenvalue weighted by Crippen LogP contribution is -2.46. The highest BCUT2D eigenvalue weighted by molar-refractivity contribution is 7.90. The van der Waals surface area contributed by atoms with Crippen molar-refractivity contribution in [1.82, 2.24) is 10.2 Å². The Balaban J connectivity index is 1.29. The van der Waals surface area contributed by atoms with Gasteiger partial charge in [-0.05, 0) is 53.1 Å². The van der Waals surface area contributed by atoms with Crippen molar-refractivity contribution in [2.75, 3.05) is 19.3 Å². The molecule has 0 atom stereocenters. The van der Waals surface area contributed by atoms with Gasteiger partial charge in [0.2, 0.25) is 0 Å². The molecule has 0 spiro atoms. The number of amides is 2. The Hall–Kier alpha value is -3.39. The second kappa shape index (κ2) is 10.3. The van der Waals surface area contributed by atoms with Crippen molar-refractivity contribution in [2.45, 2.75) is 30.4 Å². The molecule has 1 aliphatic rings. The fourth-order valence-corrected chi connectivity index (χ4v) is 4.63. The van der Waals surface area contributed by atoms with Gasteiger partial charge in [0.05, 0.1) is 4.90 Å². The highest BCUT2D eigenvalue weighted by Gasteiger charge is 2.24. The molecule has 0 saturated carbocycles. The maximum absolute atomic E-state index is 13.3. The largest absolute Gasteiger partial charge is 0.490 e. The van der Waals surface area contributed by atoms with Gasteiger partial charge >= 0.3 is 6.03 Å². The minimum absolute atomic E-state index is 0.0349. The van der Waals surface area contributed by atoms with E-state index in [1.165, 1.54) is 30.5 Å². The number of benzene rings is 3. The normalized spacial score (nSPS) is 14.6. The van der Waals surface area contributed by atoms with Gasteiger partial charge < -0.3 is 15.0 Å². The summed E-state index contributed by atoms with van der Waals surface area (Å²) < 4.78 is 42.4. The predicted octanol–water partition coefficient (Wildman–Crippen LogP) is 4.65. The lowest BCUT2D eigenvalue weighted by atomic mass is 9.99. The zero-order valence-corrected chi connectivity index (χ0v) is 19.7. The number of piperidine rings is 1. The van der Waals surface area contributed by atoms with Crippen molar-refractivity contribution in [3.8, 4) is 16.9 Å². The third kappa shape index (κ3) is 5.94. The predicted molar refractivity (Wildman–Crippen MR) is 129 cm³/mol. The zero-order valence-electron chi connectivity index (χ0n) is 18.9. The van der Waals surface area contributed by atoms with Crippen LogP contribution < -0.4 is 10.1 Å². The molecule has 8 heteroatoms. The smallest absolute Gasteiger partial charge is 0.317 e. The average molecular weight is 483 g/mol. The van der Waals surface area contributed by atoms with Crippen molar-refractivity contribution < 1.29 is 22.3 Å². The molecule has 1 heterocycles. The third-order valence-electron chi connectivity index (χ3n) is 5.89. The first-order chi connectivity index (χ1) is 16.3. The zero-order chi connectivity index (χ0) is 24.1. The van der Waals surface area contributed by atoms with E-state index in [1.54, 1.807) is 29.2 Å². The number of urea groups is 1. The second-order valence-electron chi connectivity index (χ2n) is 8.37. The van der Waals surface area contributed by atoms with Gasteiger partial charge in [-0.25, -0.2) is 17.6 Å².